The third kappa shape index (κ3) is 3.72. The fourth-order valence-corrected chi connectivity index (χ4v) is 6.04. The molecule has 4 rings (SSSR count). The van der Waals surface area contributed by atoms with Crippen LogP contribution in [0.15, 0.2) is 41.3 Å². The molecule has 1 unspecified atom stereocenters. The number of nitrogens with one attached hydrogen (secondary N) is 1. The van der Waals surface area contributed by atoms with Gasteiger partial charge in [-0.1, -0.05) is 24.3 Å². The number of carbonyl (C=O) groups is 1. The fourth-order valence-electron chi connectivity index (χ4n) is 4.18. The number of carbonyl (C=O) groups excluding carboxylic acids is 1. The van der Waals surface area contributed by atoms with Crippen molar-refractivity contribution in [1.82, 2.24) is 15.1 Å². The molecule has 0 spiro atoms. The topological polar surface area (TPSA) is 73.0 Å². The van der Waals surface area contributed by atoms with E-state index in [1.54, 1.807) is 25.1 Å². The Morgan fingerprint density at radius 2 is 1.79 bits per heavy atom. The van der Waals surface area contributed by atoms with Crippen LogP contribution < -0.4 is 9.62 Å². The Balaban J connectivity index is 1.40. The van der Waals surface area contributed by atoms with E-state index in [2.05, 4.69) is 22.2 Å². The van der Waals surface area contributed by atoms with E-state index in [0.29, 0.717) is 17.6 Å². The van der Waals surface area contributed by atoms with Gasteiger partial charge in [-0.15, -0.1) is 0 Å². The number of hydrogen-bond donors (Lipinski definition) is 1. The Morgan fingerprint density at radius 3 is 2.52 bits per heavy atom. The average Bonchev–Trinajstić information content (AvgIpc) is 2.94. The van der Waals surface area contributed by atoms with Crippen LogP contribution in [0.4, 0.5) is 5.69 Å². The number of sulfonamides is 1. The Labute approximate surface area is 172 Å². The lowest BCUT2D eigenvalue weighted by atomic mass is 10.1. The van der Waals surface area contributed by atoms with Gasteiger partial charge < -0.3 is 15.1 Å². The van der Waals surface area contributed by atoms with Gasteiger partial charge in [-0.3, -0.25) is 9.10 Å². The first-order valence-corrected chi connectivity index (χ1v) is 11.6. The van der Waals surface area contributed by atoms with Crippen molar-refractivity contribution in [2.75, 3.05) is 50.6 Å². The van der Waals surface area contributed by atoms with E-state index in [1.165, 1.54) is 4.31 Å². The molecule has 1 fully saturated rings. The standard InChI is InChI=1S/C21H28N4O3S/c1-16(21(26)22-10-5-11-24-14-12-23(2)13-15-24)25-18-8-3-6-17-7-4-9-19(20(17)18)29(25,27)28/h3-4,6-9,16H,5,10-15H2,1-2H3,(H,22,26). The molecule has 8 heteroatoms. The van der Waals surface area contributed by atoms with E-state index >= 15 is 0 Å². The molecule has 0 aromatic heterocycles. The van der Waals surface area contributed by atoms with Crippen LogP contribution in [-0.4, -0.2) is 76.5 Å². The monoisotopic (exact) mass is 416 g/mol. The van der Waals surface area contributed by atoms with Crippen LogP contribution in [0.2, 0.25) is 0 Å². The number of anilines is 1. The van der Waals surface area contributed by atoms with Crippen LogP contribution in [0.1, 0.15) is 13.3 Å². The molecular weight excluding hydrogens is 388 g/mol. The largest absolute Gasteiger partial charge is 0.354 e. The second kappa shape index (κ2) is 7.93. The SMILES string of the molecule is CC(C(=O)NCCCN1CCN(C)CC1)N1c2cccc3cccc(c23)S1(=O)=O. The average molecular weight is 417 g/mol. The number of benzene rings is 2. The highest BCUT2D eigenvalue weighted by atomic mass is 32.2. The Hall–Kier alpha value is -2.16. The molecule has 1 saturated heterocycles. The number of piperazine rings is 1. The summed E-state index contributed by atoms with van der Waals surface area (Å²) < 4.78 is 27.5. The summed E-state index contributed by atoms with van der Waals surface area (Å²) >= 11 is 0. The van der Waals surface area contributed by atoms with Gasteiger partial charge in [-0.2, -0.15) is 0 Å². The third-order valence-corrected chi connectivity index (χ3v) is 7.82. The van der Waals surface area contributed by atoms with Crippen molar-refractivity contribution in [2.45, 2.75) is 24.3 Å². The van der Waals surface area contributed by atoms with Crippen molar-refractivity contribution in [3.8, 4) is 0 Å². The quantitative estimate of drug-likeness (QED) is 0.723. The van der Waals surface area contributed by atoms with Gasteiger partial charge in [-0.25, -0.2) is 8.42 Å². The van der Waals surface area contributed by atoms with Crippen LogP contribution in [0, 0.1) is 0 Å². The molecule has 0 bridgehead atoms. The zero-order valence-corrected chi connectivity index (χ0v) is 17.8. The summed E-state index contributed by atoms with van der Waals surface area (Å²) in [6.07, 6.45) is 0.852. The molecule has 0 aliphatic carbocycles. The summed E-state index contributed by atoms with van der Waals surface area (Å²) in [5, 5.41) is 4.49. The van der Waals surface area contributed by atoms with Crippen molar-refractivity contribution in [1.29, 1.82) is 0 Å². The maximum Gasteiger partial charge on any atom is 0.265 e. The molecule has 0 saturated carbocycles. The highest BCUT2D eigenvalue weighted by Crippen LogP contribution is 2.43. The molecule has 2 aromatic carbocycles. The molecule has 1 atom stereocenters. The summed E-state index contributed by atoms with van der Waals surface area (Å²) in [6.45, 7) is 7.38. The van der Waals surface area contributed by atoms with Crippen molar-refractivity contribution in [2.24, 2.45) is 0 Å². The summed E-state index contributed by atoms with van der Waals surface area (Å²) in [7, 11) is -1.61. The summed E-state index contributed by atoms with van der Waals surface area (Å²) in [6, 6.07) is 9.94. The Kier molecular flexibility index (Phi) is 5.50. The van der Waals surface area contributed by atoms with Crippen LogP contribution in [0.3, 0.4) is 0 Å². The number of likely N-dealkylation sites (N-methyl/N-ethyl adjacent to an activating group) is 1. The maximum absolute atomic E-state index is 13.1. The maximum atomic E-state index is 13.1. The van der Waals surface area contributed by atoms with Crippen molar-refractivity contribution >= 4 is 32.4 Å². The predicted molar refractivity (Wildman–Crippen MR) is 115 cm³/mol. The Bertz CT molecular complexity index is 1010. The van der Waals surface area contributed by atoms with Gasteiger partial charge in [0.05, 0.1) is 10.6 Å². The summed E-state index contributed by atoms with van der Waals surface area (Å²) in [5.41, 5.74) is 0.582. The molecule has 1 amide bonds. The van der Waals surface area contributed by atoms with Crippen molar-refractivity contribution in [3.63, 3.8) is 0 Å². The molecule has 1 N–H and O–H groups in total. The number of amides is 1. The van der Waals surface area contributed by atoms with Gasteiger partial charge in [0.2, 0.25) is 5.91 Å². The van der Waals surface area contributed by atoms with E-state index in [0.717, 1.165) is 44.5 Å². The first-order chi connectivity index (χ1) is 13.9. The number of hydrogen-bond acceptors (Lipinski definition) is 5. The molecule has 0 radical (unpaired) electrons. The van der Waals surface area contributed by atoms with Gasteiger partial charge in [-0.05, 0) is 44.5 Å². The minimum Gasteiger partial charge on any atom is -0.354 e. The number of nitrogens with zero attached hydrogens (tertiary/aromatic N) is 3. The first kappa shape index (κ1) is 20.1. The zero-order chi connectivity index (χ0) is 20.6. The third-order valence-electron chi connectivity index (χ3n) is 5.90. The van der Waals surface area contributed by atoms with Crippen LogP contribution in [0.5, 0.6) is 0 Å². The van der Waals surface area contributed by atoms with E-state index in [9.17, 15) is 13.2 Å². The van der Waals surface area contributed by atoms with Gasteiger partial charge in [0.15, 0.2) is 0 Å². The molecule has 2 aliphatic rings. The molecular formula is C21H28N4O3S. The molecule has 2 heterocycles. The van der Waals surface area contributed by atoms with Gasteiger partial charge >= 0.3 is 0 Å². The second-order valence-electron chi connectivity index (χ2n) is 7.90. The lowest BCUT2D eigenvalue weighted by Crippen LogP contribution is -2.48. The predicted octanol–water partition coefficient (Wildman–Crippen LogP) is 1.49. The molecule has 156 valence electrons. The van der Waals surface area contributed by atoms with Gasteiger partial charge in [0, 0.05) is 38.1 Å². The lowest BCUT2D eigenvalue weighted by Gasteiger charge is -2.32. The van der Waals surface area contributed by atoms with Crippen LogP contribution >= 0.6 is 0 Å². The highest BCUT2D eigenvalue weighted by Gasteiger charge is 2.40. The molecule has 2 aromatic rings. The molecule has 2 aliphatic heterocycles. The second-order valence-corrected chi connectivity index (χ2v) is 9.68. The minimum atomic E-state index is -3.74. The molecule has 29 heavy (non-hydrogen) atoms. The lowest BCUT2D eigenvalue weighted by molar-refractivity contribution is -0.121. The normalized spacial score (nSPS) is 20.1. The van der Waals surface area contributed by atoms with Crippen molar-refractivity contribution in [3.05, 3.63) is 36.4 Å². The summed E-state index contributed by atoms with van der Waals surface area (Å²) in [5.74, 6) is -0.267. The number of rotatable bonds is 6. The van der Waals surface area contributed by atoms with E-state index < -0.39 is 16.1 Å². The summed E-state index contributed by atoms with van der Waals surface area (Å²) in [4.78, 5) is 17.7. The highest BCUT2D eigenvalue weighted by molar-refractivity contribution is 7.93. The minimum absolute atomic E-state index is 0.267. The van der Waals surface area contributed by atoms with Crippen molar-refractivity contribution < 1.29 is 13.2 Å². The van der Waals surface area contributed by atoms with Gasteiger partial charge in [0.1, 0.15) is 6.04 Å². The zero-order valence-electron chi connectivity index (χ0n) is 17.0. The smallest absolute Gasteiger partial charge is 0.265 e. The van der Waals surface area contributed by atoms with Crippen LogP contribution in [0.25, 0.3) is 10.8 Å². The van der Waals surface area contributed by atoms with E-state index in [1.807, 2.05) is 18.2 Å². The van der Waals surface area contributed by atoms with E-state index in [-0.39, 0.29) is 10.8 Å². The van der Waals surface area contributed by atoms with Crippen LogP contribution in [-0.2, 0) is 14.8 Å². The van der Waals surface area contributed by atoms with Gasteiger partial charge in [0.25, 0.3) is 10.0 Å². The fraction of sp³-hybridized carbons (Fsp3) is 0.476. The molecule has 7 nitrogen and oxygen atoms in total. The Morgan fingerprint density at radius 1 is 1.10 bits per heavy atom. The first-order valence-electron chi connectivity index (χ1n) is 10.1. The van der Waals surface area contributed by atoms with E-state index in [4.69, 9.17) is 0 Å².